The topological polar surface area (TPSA) is 29.5 Å². The average Bonchev–Trinajstić information content (AvgIpc) is 3.01. The molecule has 0 aromatic heterocycles. The van der Waals surface area contributed by atoms with E-state index in [-0.39, 0.29) is 17.0 Å². The molecule has 1 aliphatic carbocycles. The van der Waals surface area contributed by atoms with E-state index in [0.29, 0.717) is 12.0 Å². The highest BCUT2D eigenvalue weighted by Gasteiger charge is 2.59. The molecule has 2 spiro atoms. The van der Waals surface area contributed by atoms with Crippen LogP contribution in [0.15, 0.2) is 12.2 Å². The van der Waals surface area contributed by atoms with Crippen molar-refractivity contribution in [2.24, 2.45) is 5.92 Å². The first-order chi connectivity index (χ1) is 8.64. The van der Waals surface area contributed by atoms with Crippen molar-refractivity contribution >= 4 is 5.91 Å². The lowest BCUT2D eigenvalue weighted by Crippen LogP contribution is -2.62. The van der Waals surface area contributed by atoms with Crippen LogP contribution in [-0.4, -0.2) is 34.6 Å². The molecular formula is C15H21NO2. The van der Waals surface area contributed by atoms with Gasteiger partial charge in [0.25, 0.3) is 0 Å². The standard InChI is InChI=1S/C15H21NO2/c1-11(17)16-10-15-7-4-13(18-15)8-12(15)9-14(16)5-2-3-6-14/h4,7,12-13H,2-3,5-6,8-10H2,1H3/t12-,13+,15+/m0/s1. The zero-order valence-corrected chi connectivity index (χ0v) is 11.0. The van der Waals surface area contributed by atoms with Gasteiger partial charge in [0, 0.05) is 12.5 Å². The minimum absolute atomic E-state index is 0.135. The Labute approximate surface area is 108 Å². The third-order valence-corrected chi connectivity index (χ3v) is 5.69. The molecule has 2 saturated heterocycles. The number of amides is 1. The molecule has 4 rings (SSSR count). The maximum Gasteiger partial charge on any atom is 0.220 e. The monoisotopic (exact) mass is 247 g/mol. The molecule has 0 aromatic rings. The smallest absolute Gasteiger partial charge is 0.220 e. The number of fused-ring (bicyclic) bond motifs is 1. The quantitative estimate of drug-likeness (QED) is 0.615. The zero-order valence-electron chi connectivity index (χ0n) is 11.0. The van der Waals surface area contributed by atoms with Crippen molar-refractivity contribution in [3.63, 3.8) is 0 Å². The van der Waals surface area contributed by atoms with Crippen molar-refractivity contribution in [3.05, 3.63) is 12.2 Å². The average molecular weight is 247 g/mol. The van der Waals surface area contributed by atoms with E-state index in [9.17, 15) is 4.79 Å². The summed E-state index contributed by atoms with van der Waals surface area (Å²) in [5.74, 6) is 0.873. The summed E-state index contributed by atoms with van der Waals surface area (Å²) < 4.78 is 6.14. The predicted molar refractivity (Wildman–Crippen MR) is 68.1 cm³/mol. The number of rotatable bonds is 0. The number of piperidine rings is 1. The van der Waals surface area contributed by atoms with Gasteiger partial charge in [-0.15, -0.1) is 0 Å². The Morgan fingerprint density at radius 3 is 2.83 bits per heavy atom. The van der Waals surface area contributed by atoms with Gasteiger partial charge in [0.2, 0.25) is 5.91 Å². The highest BCUT2D eigenvalue weighted by molar-refractivity contribution is 5.75. The van der Waals surface area contributed by atoms with Crippen LogP contribution < -0.4 is 0 Å². The van der Waals surface area contributed by atoms with Crippen molar-refractivity contribution in [1.82, 2.24) is 4.90 Å². The summed E-state index contributed by atoms with van der Waals surface area (Å²) in [6.45, 7) is 2.52. The minimum Gasteiger partial charge on any atom is -0.361 e. The van der Waals surface area contributed by atoms with Crippen LogP contribution in [0.1, 0.15) is 45.4 Å². The van der Waals surface area contributed by atoms with Crippen LogP contribution in [-0.2, 0) is 9.53 Å². The number of ether oxygens (including phenoxy) is 1. The molecule has 4 aliphatic rings. The summed E-state index contributed by atoms with van der Waals surface area (Å²) in [5, 5.41) is 0. The van der Waals surface area contributed by atoms with Gasteiger partial charge in [0.15, 0.2) is 0 Å². The maximum absolute atomic E-state index is 12.1. The summed E-state index contributed by atoms with van der Waals surface area (Å²) in [7, 11) is 0. The van der Waals surface area contributed by atoms with Crippen LogP contribution >= 0.6 is 0 Å². The van der Waals surface area contributed by atoms with Gasteiger partial charge < -0.3 is 9.64 Å². The van der Waals surface area contributed by atoms with Gasteiger partial charge in [0.05, 0.1) is 12.6 Å². The second-order valence-corrected chi connectivity index (χ2v) is 6.64. The van der Waals surface area contributed by atoms with E-state index in [1.165, 1.54) is 32.1 Å². The van der Waals surface area contributed by atoms with Gasteiger partial charge in [-0.25, -0.2) is 0 Å². The fourth-order valence-electron chi connectivity index (χ4n) is 4.88. The van der Waals surface area contributed by atoms with Gasteiger partial charge >= 0.3 is 0 Å². The summed E-state index contributed by atoms with van der Waals surface area (Å²) in [4.78, 5) is 14.2. The predicted octanol–water partition coefficient (Wildman–Crippen LogP) is 2.27. The number of hydrogen-bond donors (Lipinski definition) is 0. The second kappa shape index (κ2) is 3.38. The van der Waals surface area contributed by atoms with Crippen LogP contribution in [0, 0.1) is 5.92 Å². The number of hydrogen-bond acceptors (Lipinski definition) is 2. The molecule has 3 nitrogen and oxygen atoms in total. The maximum atomic E-state index is 12.1. The van der Waals surface area contributed by atoms with E-state index in [1.54, 1.807) is 6.92 Å². The molecule has 18 heavy (non-hydrogen) atoms. The third-order valence-electron chi connectivity index (χ3n) is 5.69. The Hall–Kier alpha value is -0.830. The largest absolute Gasteiger partial charge is 0.361 e. The van der Waals surface area contributed by atoms with Crippen molar-refractivity contribution in [2.45, 2.75) is 62.7 Å². The Morgan fingerprint density at radius 1 is 1.39 bits per heavy atom. The summed E-state index contributed by atoms with van der Waals surface area (Å²) in [6, 6.07) is 0. The summed E-state index contributed by atoms with van der Waals surface area (Å²) >= 11 is 0. The first kappa shape index (κ1) is 11.0. The van der Waals surface area contributed by atoms with E-state index in [2.05, 4.69) is 17.1 Å². The van der Waals surface area contributed by atoms with Crippen molar-refractivity contribution < 1.29 is 9.53 Å². The zero-order chi connectivity index (χ0) is 12.4. The van der Waals surface area contributed by atoms with E-state index in [0.717, 1.165) is 13.0 Å². The summed E-state index contributed by atoms with van der Waals surface area (Å²) in [6.07, 6.45) is 12.1. The molecule has 0 unspecified atom stereocenters. The first-order valence-corrected chi connectivity index (χ1v) is 7.29. The van der Waals surface area contributed by atoms with Gasteiger partial charge in [-0.3, -0.25) is 4.79 Å². The normalized spacial score (nSPS) is 43.7. The van der Waals surface area contributed by atoms with Gasteiger partial charge in [0.1, 0.15) is 5.60 Å². The molecule has 1 saturated carbocycles. The van der Waals surface area contributed by atoms with Crippen LogP contribution in [0.4, 0.5) is 0 Å². The lowest BCUT2D eigenvalue weighted by molar-refractivity contribution is -0.149. The fraction of sp³-hybridized carbons (Fsp3) is 0.800. The molecule has 0 radical (unpaired) electrons. The molecule has 2 bridgehead atoms. The van der Waals surface area contributed by atoms with Gasteiger partial charge in [-0.2, -0.15) is 0 Å². The fourth-order valence-corrected chi connectivity index (χ4v) is 4.88. The Morgan fingerprint density at radius 2 is 2.17 bits per heavy atom. The third kappa shape index (κ3) is 1.26. The van der Waals surface area contributed by atoms with E-state index < -0.39 is 0 Å². The molecule has 3 heterocycles. The van der Waals surface area contributed by atoms with Gasteiger partial charge in [-0.05, 0) is 31.6 Å². The van der Waals surface area contributed by atoms with Crippen LogP contribution in [0.3, 0.4) is 0 Å². The van der Waals surface area contributed by atoms with Crippen molar-refractivity contribution in [3.8, 4) is 0 Å². The second-order valence-electron chi connectivity index (χ2n) is 6.64. The van der Waals surface area contributed by atoms with Crippen molar-refractivity contribution in [2.75, 3.05) is 6.54 Å². The Kier molecular flexibility index (Phi) is 2.07. The molecule has 98 valence electrons. The van der Waals surface area contributed by atoms with Crippen LogP contribution in [0.25, 0.3) is 0 Å². The molecule has 0 aromatic carbocycles. The van der Waals surface area contributed by atoms with Gasteiger partial charge in [-0.1, -0.05) is 25.0 Å². The van der Waals surface area contributed by atoms with Crippen LogP contribution in [0.2, 0.25) is 0 Å². The molecule has 1 amide bonds. The first-order valence-electron chi connectivity index (χ1n) is 7.29. The highest BCUT2D eigenvalue weighted by atomic mass is 16.5. The summed E-state index contributed by atoms with van der Waals surface area (Å²) in [5.41, 5.74) is 0.0353. The molecule has 3 fully saturated rings. The van der Waals surface area contributed by atoms with Crippen molar-refractivity contribution in [1.29, 1.82) is 0 Å². The minimum atomic E-state index is -0.135. The lowest BCUT2D eigenvalue weighted by Gasteiger charge is -2.52. The lowest BCUT2D eigenvalue weighted by atomic mass is 9.69. The number of likely N-dealkylation sites (tertiary alicyclic amines) is 1. The molecular weight excluding hydrogens is 226 g/mol. The van der Waals surface area contributed by atoms with Crippen LogP contribution in [0.5, 0.6) is 0 Å². The Balaban J connectivity index is 1.72. The molecule has 3 aliphatic heterocycles. The SMILES string of the molecule is CC(=O)N1C[C@]23C=C[C@H](C[C@H]2CC12CCCC2)O3. The van der Waals surface area contributed by atoms with E-state index in [1.807, 2.05) is 0 Å². The highest BCUT2D eigenvalue weighted by Crippen LogP contribution is 2.55. The molecule has 3 heteroatoms. The number of nitrogens with zero attached hydrogens (tertiary/aromatic N) is 1. The Bertz CT molecular complexity index is 424. The molecule has 0 N–H and O–H groups in total. The van der Waals surface area contributed by atoms with E-state index in [4.69, 9.17) is 4.74 Å². The molecule has 3 atom stereocenters. The van der Waals surface area contributed by atoms with E-state index >= 15 is 0 Å². The number of carbonyl (C=O) groups is 1. The number of carbonyl (C=O) groups excluding carboxylic acids is 1.